The van der Waals surface area contributed by atoms with E-state index < -0.39 is 9.84 Å². The van der Waals surface area contributed by atoms with Gasteiger partial charge in [-0.15, -0.1) is 0 Å². The normalized spacial score (nSPS) is 11.3. The van der Waals surface area contributed by atoms with Crippen LogP contribution >= 0.6 is 0 Å². The third-order valence-corrected chi connectivity index (χ3v) is 6.69. The first-order valence-corrected chi connectivity index (χ1v) is 11.0. The number of sulfone groups is 1. The number of para-hydroxylation sites is 1. The fraction of sp³-hybridized carbons (Fsp3) is 0.136. The number of H-pyrrole nitrogens is 1. The Hall–Kier alpha value is -3.92. The minimum absolute atomic E-state index is 0.0162. The van der Waals surface area contributed by atoms with Crippen LogP contribution < -0.4 is 14.8 Å². The van der Waals surface area contributed by atoms with E-state index in [9.17, 15) is 13.2 Å². The number of hydrogen-bond acceptors (Lipinski definition) is 7. The zero-order valence-electron chi connectivity index (χ0n) is 17.3. The van der Waals surface area contributed by atoms with Crippen molar-refractivity contribution in [2.45, 2.75) is 16.3 Å². The maximum absolute atomic E-state index is 13.1. The van der Waals surface area contributed by atoms with Crippen molar-refractivity contribution < 1.29 is 22.7 Å². The van der Waals surface area contributed by atoms with Crippen LogP contribution in [-0.2, 0) is 16.4 Å². The summed E-state index contributed by atoms with van der Waals surface area (Å²) < 4.78 is 36.7. The Balaban J connectivity index is 1.50. The van der Waals surface area contributed by atoms with E-state index in [-0.39, 0.29) is 28.0 Å². The molecule has 0 aliphatic heterocycles. The van der Waals surface area contributed by atoms with E-state index >= 15 is 0 Å². The van der Waals surface area contributed by atoms with Crippen molar-refractivity contribution >= 4 is 26.8 Å². The van der Waals surface area contributed by atoms with Crippen LogP contribution in [0, 0.1) is 0 Å². The van der Waals surface area contributed by atoms with Gasteiger partial charge in [-0.2, -0.15) is 5.10 Å². The predicted octanol–water partition coefficient (Wildman–Crippen LogP) is 2.74. The summed E-state index contributed by atoms with van der Waals surface area (Å²) in [5.41, 5.74) is 1.75. The summed E-state index contributed by atoms with van der Waals surface area (Å²) in [5.74, 6) is 0.184. The van der Waals surface area contributed by atoms with E-state index in [0.717, 1.165) is 10.9 Å². The van der Waals surface area contributed by atoms with Crippen molar-refractivity contribution in [1.82, 2.24) is 20.5 Å². The number of aromatic amines is 1. The molecule has 2 aromatic carbocycles. The van der Waals surface area contributed by atoms with Gasteiger partial charge in [-0.25, -0.2) is 13.4 Å². The minimum Gasteiger partial charge on any atom is -0.493 e. The third-order valence-electron chi connectivity index (χ3n) is 4.90. The highest BCUT2D eigenvalue weighted by molar-refractivity contribution is 7.91. The van der Waals surface area contributed by atoms with Gasteiger partial charge in [-0.1, -0.05) is 18.2 Å². The summed E-state index contributed by atoms with van der Waals surface area (Å²) in [5, 5.41) is 10.1. The zero-order valence-corrected chi connectivity index (χ0v) is 18.1. The lowest BCUT2D eigenvalue weighted by Gasteiger charge is -2.13. The molecular formula is C22H20N4O5S. The number of ether oxygens (including phenoxy) is 2. The summed E-state index contributed by atoms with van der Waals surface area (Å²) in [6.07, 6.45) is 3.06. The van der Waals surface area contributed by atoms with Crippen LogP contribution in [0.5, 0.6) is 11.5 Å². The summed E-state index contributed by atoms with van der Waals surface area (Å²) in [6.45, 7) is 0.227. The number of benzene rings is 2. The second kappa shape index (κ2) is 8.67. The number of nitrogens with zero attached hydrogens (tertiary/aromatic N) is 2. The Bertz CT molecular complexity index is 1380. The second-order valence-electron chi connectivity index (χ2n) is 6.85. The van der Waals surface area contributed by atoms with Crippen molar-refractivity contribution in [3.05, 3.63) is 72.1 Å². The van der Waals surface area contributed by atoms with Crippen LogP contribution in [0.4, 0.5) is 0 Å². The Morgan fingerprint density at radius 2 is 1.84 bits per heavy atom. The molecule has 0 saturated carbocycles. The molecule has 1 amide bonds. The SMILES string of the molecule is COc1cccc(S(=O)(=O)c2ccc(CNC(=O)c3cnc4[nH]ncc4c3)cc2)c1OC. The van der Waals surface area contributed by atoms with Crippen molar-refractivity contribution in [2.24, 2.45) is 0 Å². The lowest BCUT2D eigenvalue weighted by Crippen LogP contribution is -2.22. The molecule has 0 atom stereocenters. The number of aromatic nitrogens is 3. The molecule has 0 aliphatic carbocycles. The van der Waals surface area contributed by atoms with Crippen molar-refractivity contribution in [2.75, 3.05) is 14.2 Å². The van der Waals surface area contributed by atoms with Gasteiger partial charge in [0.25, 0.3) is 5.91 Å². The highest BCUT2D eigenvalue weighted by atomic mass is 32.2. The van der Waals surface area contributed by atoms with Gasteiger partial charge in [0.05, 0.1) is 30.9 Å². The van der Waals surface area contributed by atoms with Gasteiger partial charge in [0.2, 0.25) is 9.84 Å². The van der Waals surface area contributed by atoms with Gasteiger partial charge in [-0.05, 0) is 35.9 Å². The predicted molar refractivity (Wildman–Crippen MR) is 116 cm³/mol. The standard InChI is InChI=1S/C22H20N4O5S/c1-30-18-4-3-5-19(20(18)31-2)32(28,29)17-8-6-14(7-9-17)11-24-22(27)16-10-15-13-25-26-21(15)23-12-16/h3-10,12-13H,11H2,1-2H3,(H,24,27)(H,23,25,26). The molecule has 0 bridgehead atoms. The lowest BCUT2D eigenvalue weighted by molar-refractivity contribution is 0.0950. The van der Waals surface area contributed by atoms with Crippen molar-refractivity contribution in [1.29, 1.82) is 0 Å². The zero-order chi connectivity index (χ0) is 22.7. The summed E-state index contributed by atoms with van der Waals surface area (Å²) in [7, 11) is -0.994. The Labute approximate surface area is 184 Å². The van der Waals surface area contributed by atoms with E-state index in [0.29, 0.717) is 17.0 Å². The Kier molecular flexibility index (Phi) is 5.78. The van der Waals surface area contributed by atoms with Gasteiger partial charge >= 0.3 is 0 Å². The number of nitrogens with one attached hydrogen (secondary N) is 2. The molecule has 4 rings (SSSR count). The molecule has 2 aromatic heterocycles. The van der Waals surface area contributed by atoms with Gasteiger partial charge in [0, 0.05) is 18.1 Å². The molecule has 2 N–H and O–H groups in total. The minimum atomic E-state index is -3.83. The molecule has 0 spiro atoms. The van der Waals surface area contributed by atoms with Crippen LogP contribution in [-0.4, -0.2) is 43.7 Å². The first-order valence-electron chi connectivity index (χ1n) is 9.56. The van der Waals surface area contributed by atoms with Crippen LogP contribution in [0.1, 0.15) is 15.9 Å². The number of pyridine rings is 1. The maximum Gasteiger partial charge on any atom is 0.253 e. The van der Waals surface area contributed by atoms with Gasteiger partial charge in [0.15, 0.2) is 17.1 Å². The molecule has 2 heterocycles. The molecule has 0 fully saturated rings. The average molecular weight is 452 g/mol. The number of carbonyl (C=O) groups is 1. The second-order valence-corrected chi connectivity index (χ2v) is 8.77. The molecular weight excluding hydrogens is 432 g/mol. The maximum atomic E-state index is 13.1. The Morgan fingerprint density at radius 1 is 1.06 bits per heavy atom. The van der Waals surface area contributed by atoms with Crippen LogP contribution in [0.3, 0.4) is 0 Å². The van der Waals surface area contributed by atoms with Gasteiger partial charge in [0.1, 0.15) is 4.90 Å². The van der Waals surface area contributed by atoms with Crippen LogP contribution in [0.15, 0.2) is 70.7 Å². The first-order chi connectivity index (χ1) is 15.4. The lowest BCUT2D eigenvalue weighted by atomic mass is 10.2. The molecule has 10 heteroatoms. The van der Waals surface area contributed by atoms with Gasteiger partial charge in [-0.3, -0.25) is 9.89 Å². The summed E-state index contributed by atoms with van der Waals surface area (Å²) in [4.78, 5) is 16.7. The topological polar surface area (TPSA) is 123 Å². The summed E-state index contributed by atoms with van der Waals surface area (Å²) in [6, 6.07) is 12.7. The number of amides is 1. The van der Waals surface area contributed by atoms with Crippen LogP contribution in [0.2, 0.25) is 0 Å². The summed E-state index contributed by atoms with van der Waals surface area (Å²) >= 11 is 0. The monoisotopic (exact) mass is 452 g/mol. The molecule has 32 heavy (non-hydrogen) atoms. The molecule has 4 aromatic rings. The van der Waals surface area contributed by atoms with E-state index in [2.05, 4.69) is 20.5 Å². The first kappa shape index (κ1) is 21.3. The smallest absolute Gasteiger partial charge is 0.253 e. The molecule has 0 radical (unpaired) electrons. The van der Waals surface area contributed by atoms with E-state index in [4.69, 9.17) is 9.47 Å². The Morgan fingerprint density at radius 3 is 2.56 bits per heavy atom. The number of rotatable bonds is 7. The quantitative estimate of drug-likeness (QED) is 0.442. The fourth-order valence-electron chi connectivity index (χ4n) is 3.23. The number of carbonyl (C=O) groups excluding carboxylic acids is 1. The largest absolute Gasteiger partial charge is 0.493 e. The third kappa shape index (κ3) is 4.00. The highest BCUT2D eigenvalue weighted by Gasteiger charge is 2.24. The fourth-order valence-corrected chi connectivity index (χ4v) is 4.66. The number of hydrogen-bond donors (Lipinski definition) is 2. The number of methoxy groups -OCH3 is 2. The van der Waals surface area contributed by atoms with Gasteiger partial charge < -0.3 is 14.8 Å². The average Bonchev–Trinajstić information content (AvgIpc) is 3.30. The van der Waals surface area contributed by atoms with E-state index in [1.807, 2.05) is 0 Å². The van der Waals surface area contributed by atoms with E-state index in [1.165, 1.54) is 38.6 Å². The van der Waals surface area contributed by atoms with Crippen molar-refractivity contribution in [3.63, 3.8) is 0 Å². The van der Waals surface area contributed by atoms with Crippen LogP contribution in [0.25, 0.3) is 11.0 Å². The molecule has 9 nitrogen and oxygen atoms in total. The number of fused-ring (bicyclic) bond motifs is 1. The molecule has 0 unspecified atom stereocenters. The van der Waals surface area contributed by atoms with Crippen molar-refractivity contribution in [3.8, 4) is 11.5 Å². The molecule has 0 saturated heterocycles. The van der Waals surface area contributed by atoms with E-state index in [1.54, 1.807) is 36.5 Å². The molecule has 164 valence electrons. The highest BCUT2D eigenvalue weighted by Crippen LogP contribution is 2.36. The molecule has 0 aliphatic rings.